The maximum atomic E-state index is 8.38. The first-order valence-electron chi connectivity index (χ1n) is 6.94. The number of nitrogens with one attached hydrogen (secondary N) is 1. The topological polar surface area (TPSA) is 88.1 Å². The third kappa shape index (κ3) is 3.03. The lowest BCUT2D eigenvalue weighted by Gasteiger charge is -2.28. The van der Waals surface area contributed by atoms with Crippen LogP contribution in [-0.2, 0) is 4.74 Å². The van der Waals surface area contributed by atoms with Gasteiger partial charge >= 0.3 is 0 Å². The Morgan fingerprint density at radius 1 is 1.27 bits per heavy atom. The summed E-state index contributed by atoms with van der Waals surface area (Å²) in [5.74, 6) is 0.837. The van der Waals surface area contributed by atoms with Gasteiger partial charge in [0.15, 0.2) is 0 Å². The minimum atomic E-state index is 0.304. The summed E-state index contributed by atoms with van der Waals surface area (Å²) in [6.07, 6.45) is 3.17. The van der Waals surface area contributed by atoms with E-state index in [9.17, 15) is 0 Å². The minimum absolute atomic E-state index is 0.304. The SMILES string of the molecule is N=C(c1ccnc(N2CCOCC2)c1)c1cc(Cl)ncc1N. The van der Waals surface area contributed by atoms with Crippen LogP contribution in [0.3, 0.4) is 0 Å². The molecule has 1 saturated heterocycles. The summed E-state index contributed by atoms with van der Waals surface area (Å²) in [6.45, 7) is 2.98. The van der Waals surface area contributed by atoms with Gasteiger partial charge in [0.2, 0.25) is 0 Å². The van der Waals surface area contributed by atoms with Crippen LogP contribution in [0.1, 0.15) is 11.1 Å². The third-order valence-electron chi connectivity index (χ3n) is 3.54. The molecular formula is C15H16ClN5O. The summed E-state index contributed by atoms with van der Waals surface area (Å²) in [4.78, 5) is 10.4. The van der Waals surface area contributed by atoms with Crippen molar-refractivity contribution in [3.63, 3.8) is 0 Å². The Morgan fingerprint density at radius 3 is 2.82 bits per heavy atom. The van der Waals surface area contributed by atoms with E-state index in [1.165, 1.54) is 6.20 Å². The summed E-state index contributed by atoms with van der Waals surface area (Å²) in [5.41, 5.74) is 7.95. The molecule has 1 fully saturated rings. The normalized spacial score (nSPS) is 14.9. The minimum Gasteiger partial charge on any atom is -0.397 e. The number of rotatable bonds is 3. The van der Waals surface area contributed by atoms with Gasteiger partial charge in [-0.1, -0.05) is 11.6 Å². The molecule has 3 rings (SSSR count). The third-order valence-corrected chi connectivity index (χ3v) is 3.75. The fraction of sp³-hybridized carbons (Fsp3) is 0.267. The van der Waals surface area contributed by atoms with Crippen molar-refractivity contribution >= 4 is 28.8 Å². The van der Waals surface area contributed by atoms with Crippen molar-refractivity contribution in [1.82, 2.24) is 9.97 Å². The summed E-state index contributed by atoms with van der Waals surface area (Å²) in [5, 5.41) is 8.70. The zero-order chi connectivity index (χ0) is 15.5. The largest absolute Gasteiger partial charge is 0.397 e. The van der Waals surface area contributed by atoms with Gasteiger partial charge in [0, 0.05) is 30.4 Å². The molecule has 0 saturated carbocycles. The Labute approximate surface area is 133 Å². The molecule has 2 aromatic rings. The standard InChI is InChI=1S/C15H16ClN5O/c16-13-8-11(12(17)9-20-13)15(18)10-1-2-19-14(7-10)21-3-5-22-6-4-21/h1-2,7-9,18H,3-6,17H2. The van der Waals surface area contributed by atoms with E-state index < -0.39 is 0 Å². The Kier molecular flexibility index (Phi) is 4.22. The fourth-order valence-corrected chi connectivity index (χ4v) is 2.51. The molecule has 0 aromatic carbocycles. The van der Waals surface area contributed by atoms with Crippen LogP contribution >= 0.6 is 11.6 Å². The lowest BCUT2D eigenvalue weighted by atomic mass is 10.0. The van der Waals surface area contributed by atoms with E-state index in [4.69, 9.17) is 27.5 Å². The van der Waals surface area contributed by atoms with Crippen molar-refractivity contribution in [2.45, 2.75) is 0 Å². The number of pyridine rings is 2. The molecule has 114 valence electrons. The molecule has 2 aromatic heterocycles. The van der Waals surface area contributed by atoms with Gasteiger partial charge in [-0.2, -0.15) is 0 Å². The van der Waals surface area contributed by atoms with Gasteiger partial charge in [-0.3, -0.25) is 5.41 Å². The second-order valence-electron chi connectivity index (χ2n) is 4.97. The number of anilines is 2. The molecule has 0 amide bonds. The summed E-state index contributed by atoms with van der Waals surface area (Å²) in [6, 6.07) is 5.29. The van der Waals surface area contributed by atoms with Crippen LogP contribution < -0.4 is 10.6 Å². The molecule has 1 aliphatic rings. The Balaban J connectivity index is 1.91. The number of nitrogens with zero attached hydrogens (tertiary/aromatic N) is 3. The number of morpholine rings is 1. The zero-order valence-corrected chi connectivity index (χ0v) is 12.7. The second-order valence-corrected chi connectivity index (χ2v) is 5.36. The van der Waals surface area contributed by atoms with Gasteiger partial charge in [0.05, 0.1) is 30.8 Å². The molecule has 6 nitrogen and oxygen atoms in total. The number of hydrogen-bond acceptors (Lipinski definition) is 6. The van der Waals surface area contributed by atoms with Gasteiger partial charge in [0.1, 0.15) is 11.0 Å². The van der Waals surface area contributed by atoms with Crippen molar-refractivity contribution in [1.29, 1.82) is 5.41 Å². The molecule has 0 radical (unpaired) electrons. The van der Waals surface area contributed by atoms with Crippen molar-refractivity contribution in [2.24, 2.45) is 0 Å². The highest BCUT2D eigenvalue weighted by Gasteiger charge is 2.15. The average Bonchev–Trinajstić information content (AvgIpc) is 2.57. The Hall–Kier alpha value is -2.18. The molecule has 22 heavy (non-hydrogen) atoms. The molecule has 0 spiro atoms. The monoisotopic (exact) mass is 317 g/mol. The Bertz CT molecular complexity index is 700. The van der Waals surface area contributed by atoms with Gasteiger partial charge in [-0.25, -0.2) is 9.97 Å². The lowest BCUT2D eigenvalue weighted by molar-refractivity contribution is 0.122. The van der Waals surface area contributed by atoms with E-state index >= 15 is 0 Å². The molecule has 0 unspecified atom stereocenters. The molecule has 3 heterocycles. The van der Waals surface area contributed by atoms with Crippen molar-refractivity contribution in [2.75, 3.05) is 36.9 Å². The number of hydrogen-bond donors (Lipinski definition) is 2. The number of nitrogen functional groups attached to an aromatic ring is 1. The highest BCUT2D eigenvalue weighted by Crippen LogP contribution is 2.21. The molecule has 7 heteroatoms. The summed E-state index contributed by atoms with van der Waals surface area (Å²) < 4.78 is 5.35. The molecule has 0 aliphatic carbocycles. The predicted molar refractivity (Wildman–Crippen MR) is 86.9 cm³/mol. The molecular weight excluding hydrogens is 302 g/mol. The smallest absolute Gasteiger partial charge is 0.129 e. The maximum Gasteiger partial charge on any atom is 0.129 e. The highest BCUT2D eigenvalue weighted by molar-refractivity contribution is 6.30. The maximum absolute atomic E-state index is 8.38. The Morgan fingerprint density at radius 2 is 2.05 bits per heavy atom. The van der Waals surface area contributed by atoms with Gasteiger partial charge < -0.3 is 15.4 Å². The van der Waals surface area contributed by atoms with Gasteiger partial charge in [-0.15, -0.1) is 0 Å². The van der Waals surface area contributed by atoms with Crippen molar-refractivity contribution < 1.29 is 4.74 Å². The van der Waals surface area contributed by atoms with Crippen LogP contribution in [0, 0.1) is 5.41 Å². The molecule has 0 atom stereocenters. The van der Waals surface area contributed by atoms with E-state index in [1.54, 1.807) is 18.3 Å². The average molecular weight is 318 g/mol. The van der Waals surface area contributed by atoms with E-state index in [0.717, 1.165) is 24.5 Å². The van der Waals surface area contributed by atoms with E-state index in [-0.39, 0.29) is 0 Å². The number of halogens is 1. The van der Waals surface area contributed by atoms with Gasteiger partial charge in [0.25, 0.3) is 0 Å². The summed E-state index contributed by atoms with van der Waals surface area (Å²) >= 11 is 5.90. The van der Waals surface area contributed by atoms with Crippen LogP contribution in [0.15, 0.2) is 30.6 Å². The first-order valence-corrected chi connectivity index (χ1v) is 7.32. The van der Waals surface area contributed by atoms with E-state index in [0.29, 0.717) is 35.3 Å². The van der Waals surface area contributed by atoms with Crippen molar-refractivity contribution in [3.8, 4) is 0 Å². The summed E-state index contributed by atoms with van der Waals surface area (Å²) in [7, 11) is 0. The van der Waals surface area contributed by atoms with Crippen LogP contribution in [-0.4, -0.2) is 42.0 Å². The van der Waals surface area contributed by atoms with E-state index in [1.807, 2.05) is 6.07 Å². The number of aromatic nitrogens is 2. The lowest BCUT2D eigenvalue weighted by Crippen LogP contribution is -2.36. The zero-order valence-electron chi connectivity index (χ0n) is 11.9. The molecule has 3 N–H and O–H groups in total. The first-order chi connectivity index (χ1) is 10.6. The van der Waals surface area contributed by atoms with Crippen LogP contribution in [0.2, 0.25) is 5.15 Å². The number of nitrogens with two attached hydrogens (primary N) is 1. The fourth-order valence-electron chi connectivity index (χ4n) is 2.35. The van der Waals surface area contributed by atoms with Crippen LogP contribution in [0.4, 0.5) is 11.5 Å². The van der Waals surface area contributed by atoms with Crippen molar-refractivity contribution in [3.05, 3.63) is 46.9 Å². The first kappa shape index (κ1) is 14.7. The highest BCUT2D eigenvalue weighted by atomic mass is 35.5. The predicted octanol–water partition coefficient (Wildman–Crippen LogP) is 1.96. The van der Waals surface area contributed by atoms with Crippen LogP contribution in [0.5, 0.6) is 0 Å². The number of ether oxygens (including phenoxy) is 1. The van der Waals surface area contributed by atoms with Crippen LogP contribution in [0.25, 0.3) is 0 Å². The van der Waals surface area contributed by atoms with E-state index in [2.05, 4.69) is 14.9 Å². The van der Waals surface area contributed by atoms with Gasteiger partial charge in [-0.05, 0) is 18.2 Å². The molecule has 0 bridgehead atoms. The molecule has 1 aliphatic heterocycles. The second kappa shape index (κ2) is 6.29. The quantitative estimate of drug-likeness (QED) is 0.667.